The van der Waals surface area contributed by atoms with E-state index in [0.717, 1.165) is 19.3 Å². The third-order valence-electron chi connectivity index (χ3n) is 1.06. The van der Waals surface area contributed by atoms with Gasteiger partial charge in [0, 0.05) is 19.5 Å². The third-order valence-corrected chi connectivity index (χ3v) is 1.06. The Morgan fingerprint density at radius 1 is 0.643 bits per heavy atom. The molecule has 0 fully saturated rings. The molecule has 0 aliphatic carbocycles. The Bertz CT molecular complexity index is 25.8. The van der Waals surface area contributed by atoms with Crippen LogP contribution in [0.15, 0.2) is 0 Å². The maximum absolute atomic E-state index is 3.60. The minimum atomic E-state index is 0. The first-order valence-electron chi connectivity index (χ1n) is 5.12. The summed E-state index contributed by atoms with van der Waals surface area (Å²) in [6.07, 6.45) is 6.83. The fourth-order valence-electron chi connectivity index (χ4n) is 0. The predicted octanol–water partition coefficient (Wildman–Crippen LogP) is 4.03. The molecular formula is C12H29OZn-3. The Morgan fingerprint density at radius 2 is 0.714 bits per heavy atom. The van der Waals surface area contributed by atoms with E-state index in [4.69, 9.17) is 0 Å². The molecule has 0 aliphatic rings. The Kier molecular flexibility index (Phi) is 104. The fraction of sp³-hybridized carbons (Fsp3) is 0.750. The third kappa shape index (κ3) is 131. The van der Waals surface area contributed by atoms with E-state index in [2.05, 4.69) is 41.5 Å². The average molecular weight is 255 g/mol. The molecule has 1 nitrogen and oxygen atoms in total. The van der Waals surface area contributed by atoms with Crippen LogP contribution < -0.4 is 0 Å². The SMILES string of the molecule is O.[CH2-]CCC.[CH2-]CCC.[CH2-]CCC.[Zn]. The van der Waals surface area contributed by atoms with E-state index in [1.54, 1.807) is 0 Å². The molecule has 0 saturated carbocycles. The number of unbranched alkanes of at least 4 members (excludes halogenated alkanes) is 3. The van der Waals surface area contributed by atoms with Crippen LogP contribution in [0.25, 0.3) is 0 Å². The van der Waals surface area contributed by atoms with Crippen LogP contribution in [0.3, 0.4) is 0 Å². The first kappa shape index (κ1) is 29.3. The Balaban J connectivity index is -0.0000000270. The molecular weight excluding hydrogens is 226 g/mol. The van der Waals surface area contributed by atoms with E-state index >= 15 is 0 Å². The van der Waals surface area contributed by atoms with Gasteiger partial charge in [-0.15, -0.1) is 0 Å². The van der Waals surface area contributed by atoms with Crippen molar-refractivity contribution >= 4 is 0 Å². The normalized spacial score (nSPS) is 6.43. The van der Waals surface area contributed by atoms with Crippen molar-refractivity contribution in [1.82, 2.24) is 0 Å². The molecule has 0 aromatic rings. The van der Waals surface area contributed by atoms with Crippen LogP contribution in [0.5, 0.6) is 0 Å². The van der Waals surface area contributed by atoms with Gasteiger partial charge in [-0.3, -0.25) is 0 Å². The molecule has 2 heteroatoms. The fourth-order valence-corrected chi connectivity index (χ4v) is 0. The summed E-state index contributed by atoms with van der Waals surface area (Å²) in [5, 5.41) is 0. The zero-order valence-corrected chi connectivity index (χ0v) is 13.5. The van der Waals surface area contributed by atoms with Gasteiger partial charge in [0.15, 0.2) is 0 Å². The van der Waals surface area contributed by atoms with Crippen LogP contribution >= 0.6 is 0 Å². The summed E-state index contributed by atoms with van der Waals surface area (Å²) in [6, 6.07) is 0. The first-order chi connectivity index (χ1) is 5.74. The smallest absolute Gasteiger partial charge is 0 e. The average Bonchev–Trinajstić information content (AvgIpc) is 2.18. The van der Waals surface area contributed by atoms with Crippen LogP contribution in [0.2, 0.25) is 0 Å². The van der Waals surface area contributed by atoms with Crippen molar-refractivity contribution in [1.29, 1.82) is 0 Å². The topological polar surface area (TPSA) is 31.5 Å². The van der Waals surface area contributed by atoms with Gasteiger partial charge >= 0.3 is 0 Å². The molecule has 0 rings (SSSR count). The molecule has 0 heterocycles. The molecule has 0 unspecified atom stereocenters. The number of hydrogen-bond acceptors (Lipinski definition) is 0. The van der Waals surface area contributed by atoms with Crippen LogP contribution in [-0.2, 0) is 19.5 Å². The number of hydrogen-bond donors (Lipinski definition) is 0. The largest absolute Gasteiger partial charge is 0.412 e. The van der Waals surface area contributed by atoms with Crippen molar-refractivity contribution in [2.24, 2.45) is 0 Å². The molecule has 0 saturated heterocycles. The number of rotatable bonds is 3. The molecule has 0 bridgehead atoms. The van der Waals surface area contributed by atoms with Gasteiger partial charge in [0.05, 0.1) is 0 Å². The molecule has 0 radical (unpaired) electrons. The summed E-state index contributed by atoms with van der Waals surface area (Å²) in [5.41, 5.74) is 0. The molecule has 88 valence electrons. The van der Waals surface area contributed by atoms with Gasteiger partial charge in [-0.1, -0.05) is 40.0 Å². The van der Waals surface area contributed by atoms with Gasteiger partial charge < -0.3 is 26.2 Å². The van der Waals surface area contributed by atoms with Crippen LogP contribution in [0.1, 0.15) is 59.3 Å². The first-order valence-corrected chi connectivity index (χ1v) is 5.12. The van der Waals surface area contributed by atoms with Crippen molar-refractivity contribution in [3.05, 3.63) is 20.8 Å². The van der Waals surface area contributed by atoms with Gasteiger partial charge in [0.2, 0.25) is 0 Å². The molecule has 0 aliphatic heterocycles. The Hall–Kier alpha value is 0.583. The quantitative estimate of drug-likeness (QED) is 0.538. The molecule has 0 atom stereocenters. The summed E-state index contributed by atoms with van der Waals surface area (Å²) < 4.78 is 0. The molecule has 0 aromatic heterocycles. The Morgan fingerprint density at radius 3 is 0.714 bits per heavy atom. The van der Waals surface area contributed by atoms with Crippen molar-refractivity contribution in [3.8, 4) is 0 Å². The predicted molar refractivity (Wildman–Crippen MR) is 64.4 cm³/mol. The van der Waals surface area contributed by atoms with Gasteiger partial charge in [-0.05, 0) is 0 Å². The van der Waals surface area contributed by atoms with E-state index < -0.39 is 0 Å². The van der Waals surface area contributed by atoms with E-state index in [0.29, 0.717) is 0 Å². The zero-order chi connectivity index (χ0) is 10.2. The van der Waals surface area contributed by atoms with Crippen molar-refractivity contribution in [3.63, 3.8) is 0 Å². The Labute approximate surface area is 105 Å². The molecule has 0 amide bonds. The van der Waals surface area contributed by atoms with Crippen LogP contribution in [0.4, 0.5) is 0 Å². The van der Waals surface area contributed by atoms with Gasteiger partial charge in [-0.25, -0.2) is 0 Å². The molecule has 2 N–H and O–H groups in total. The minimum absolute atomic E-state index is 0. The summed E-state index contributed by atoms with van der Waals surface area (Å²) in [6.45, 7) is 17.2. The second-order valence-electron chi connectivity index (χ2n) is 2.56. The van der Waals surface area contributed by atoms with Gasteiger partial charge in [0.25, 0.3) is 0 Å². The van der Waals surface area contributed by atoms with E-state index in [1.165, 1.54) is 19.3 Å². The second-order valence-corrected chi connectivity index (χ2v) is 2.56. The standard InChI is InChI=1S/3C4H9.H2O.Zn/c3*1-3-4-2;;/h3*1,3-4H2,2H3;1H2;/q3*-1;;. The van der Waals surface area contributed by atoms with Crippen molar-refractivity contribution < 1.29 is 25.0 Å². The summed E-state index contributed by atoms with van der Waals surface area (Å²) in [4.78, 5) is 0. The van der Waals surface area contributed by atoms with E-state index in [1.807, 2.05) is 0 Å². The summed E-state index contributed by atoms with van der Waals surface area (Å²) in [5.74, 6) is 0. The molecule has 14 heavy (non-hydrogen) atoms. The maximum Gasteiger partial charge on any atom is 0 e. The van der Waals surface area contributed by atoms with Gasteiger partial charge in [0.1, 0.15) is 0 Å². The van der Waals surface area contributed by atoms with Crippen molar-refractivity contribution in [2.75, 3.05) is 0 Å². The minimum Gasteiger partial charge on any atom is -0.412 e. The monoisotopic (exact) mass is 253 g/mol. The molecule has 0 aromatic carbocycles. The summed E-state index contributed by atoms with van der Waals surface area (Å²) in [7, 11) is 0. The zero-order valence-electron chi connectivity index (χ0n) is 10.6. The molecule has 0 spiro atoms. The van der Waals surface area contributed by atoms with E-state index in [9.17, 15) is 0 Å². The van der Waals surface area contributed by atoms with E-state index in [-0.39, 0.29) is 25.0 Å². The van der Waals surface area contributed by atoms with Crippen LogP contribution in [-0.4, -0.2) is 5.48 Å². The van der Waals surface area contributed by atoms with Crippen molar-refractivity contribution in [2.45, 2.75) is 59.3 Å². The van der Waals surface area contributed by atoms with Crippen LogP contribution in [0, 0.1) is 20.8 Å². The summed E-state index contributed by atoms with van der Waals surface area (Å²) >= 11 is 0. The van der Waals surface area contributed by atoms with Gasteiger partial charge in [-0.2, -0.15) is 19.3 Å². The maximum atomic E-state index is 3.60. The second kappa shape index (κ2) is 49.6.